The topological polar surface area (TPSA) is 80.3 Å². The minimum Gasteiger partial charge on any atom is -0.469 e. The first-order valence-corrected chi connectivity index (χ1v) is 7.24. The van der Waals surface area contributed by atoms with Crippen molar-refractivity contribution in [2.45, 2.75) is 33.4 Å². The minimum atomic E-state index is 0. The van der Waals surface area contributed by atoms with Crippen molar-refractivity contribution in [2.75, 3.05) is 13.1 Å². The number of nitrogens with one attached hydrogen (secondary N) is 2. The maximum atomic E-state index is 5.30. The second kappa shape index (κ2) is 10.2. The lowest BCUT2D eigenvalue weighted by atomic mass is 10.3. The molecule has 0 amide bonds. The first-order chi connectivity index (χ1) is 10.3. The molecule has 0 aliphatic heterocycles. The van der Waals surface area contributed by atoms with Crippen LogP contribution in [0.15, 0.2) is 34.1 Å². The highest BCUT2D eigenvalue weighted by Gasteiger charge is 2.03. The molecule has 0 spiro atoms. The second-order valence-corrected chi connectivity index (χ2v) is 4.48. The molecule has 0 aliphatic rings. The summed E-state index contributed by atoms with van der Waals surface area (Å²) in [7, 11) is 0. The zero-order valence-electron chi connectivity index (χ0n) is 13.0. The van der Waals surface area contributed by atoms with E-state index in [1.165, 1.54) is 0 Å². The van der Waals surface area contributed by atoms with E-state index in [0.29, 0.717) is 6.54 Å². The van der Waals surface area contributed by atoms with Gasteiger partial charge >= 0.3 is 0 Å². The van der Waals surface area contributed by atoms with Crippen LogP contribution in [0, 0.1) is 0 Å². The Hall–Kier alpha value is -1.58. The summed E-state index contributed by atoms with van der Waals surface area (Å²) in [5.74, 6) is 2.60. The largest absolute Gasteiger partial charge is 0.469 e. The molecule has 2 rings (SSSR count). The third-order valence-corrected chi connectivity index (χ3v) is 3.00. The van der Waals surface area contributed by atoms with Crippen molar-refractivity contribution in [3.63, 3.8) is 0 Å². The Bertz CT molecular complexity index is 551. The summed E-state index contributed by atoms with van der Waals surface area (Å²) in [5.41, 5.74) is 0. The lowest BCUT2D eigenvalue weighted by molar-refractivity contribution is 0.506. The molecular weight excluding hydrogens is 395 g/mol. The number of nitrogens with zero attached hydrogens (tertiary/aromatic N) is 4. The SMILES string of the molecule is CCNC(=NCc1nncn1CC)NCCc1ccco1.I. The van der Waals surface area contributed by atoms with Gasteiger partial charge in [0, 0.05) is 26.1 Å². The molecule has 2 heterocycles. The van der Waals surface area contributed by atoms with Crippen LogP contribution in [-0.2, 0) is 19.5 Å². The summed E-state index contributed by atoms with van der Waals surface area (Å²) < 4.78 is 7.28. The Morgan fingerprint density at radius 2 is 2.23 bits per heavy atom. The summed E-state index contributed by atoms with van der Waals surface area (Å²) in [6, 6.07) is 3.86. The van der Waals surface area contributed by atoms with Crippen LogP contribution in [0.5, 0.6) is 0 Å². The zero-order valence-corrected chi connectivity index (χ0v) is 15.3. The van der Waals surface area contributed by atoms with Crippen molar-refractivity contribution in [3.05, 3.63) is 36.3 Å². The van der Waals surface area contributed by atoms with Gasteiger partial charge in [-0.1, -0.05) is 0 Å². The molecule has 0 radical (unpaired) electrons. The zero-order chi connectivity index (χ0) is 14.9. The van der Waals surface area contributed by atoms with Gasteiger partial charge in [-0.25, -0.2) is 4.99 Å². The Labute approximate surface area is 147 Å². The number of aromatic nitrogens is 3. The van der Waals surface area contributed by atoms with Crippen LogP contribution in [0.4, 0.5) is 0 Å². The summed E-state index contributed by atoms with van der Waals surface area (Å²) in [4.78, 5) is 4.52. The van der Waals surface area contributed by atoms with Crippen LogP contribution < -0.4 is 10.6 Å². The molecule has 0 fully saturated rings. The average Bonchev–Trinajstić information content (AvgIpc) is 3.15. The molecule has 22 heavy (non-hydrogen) atoms. The fraction of sp³-hybridized carbons (Fsp3) is 0.500. The molecule has 0 atom stereocenters. The maximum absolute atomic E-state index is 5.30. The maximum Gasteiger partial charge on any atom is 0.191 e. The van der Waals surface area contributed by atoms with Gasteiger partial charge in [0.05, 0.1) is 6.26 Å². The summed E-state index contributed by atoms with van der Waals surface area (Å²) in [5, 5.41) is 14.5. The number of aliphatic imine (C=N–C) groups is 1. The van der Waals surface area contributed by atoms with Crippen molar-refractivity contribution in [2.24, 2.45) is 4.99 Å². The van der Waals surface area contributed by atoms with E-state index in [2.05, 4.69) is 32.7 Å². The molecule has 0 aliphatic carbocycles. The number of guanidine groups is 1. The van der Waals surface area contributed by atoms with Crippen molar-refractivity contribution in [3.8, 4) is 0 Å². The highest BCUT2D eigenvalue weighted by Crippen LogP contribution is 2.00. The lowest BCUT2D eigenvalue weighted by Crippen LogP contribution is -2.38. The third kappa shape index (κ3) is 5.66. The molecule has 7 nitrogen and oxygen atoms in total. The Kier molecular flexibility index (Phi) is 8.56. The van der Waals surface area contributed by atoms with Crippen LogP contribution >= 0.6 is 24.0 Å². The predicted molar refractivity (Wildman–Crippen MR) is 96.3 cm³/mol. The molecule has 2 N–H and O–H groups in total. The van der Waals surface area contributed by atoms with E-state index in [1.54, 1.807) is 12.6 Å². The first kappa shape index (κ1) is 18.5. The average molecular weight is 418 g/mol. The molecule has 8 heteroatoms. The third-order valence-electron chi connectivity index (χ3n) is 3.00. The van der Waals surface area contributed by atoms with E-state index in [-0.39, 0.29) is 24.0 Å². The van der Waals surface area contributed by atoms with Gasteiger partial charge < -0.3 is 19.6 Å². The van der Waals surface area contributed by atoms with Gasteiger partial charge in [0.25, 0.3) is 0 Å². The number of aryl methyl sites for hydroxylation is 1. The van der Waals surface area contributed by atoms with Gasteiger partial charge in [0.15, 0.2) is 11.8 Å². The van der Waals surface area contributed by atoms with Gasteiger partial charge in [-0.2, -0.15) is 0 Å². The molecule has 0 bridgehead atoms. The smallest absolute Gasteiger partial charge is 0.191 e. The first-order valence-electron chi connectivity index (χ1n) is 7.24. The molecule has 2 aromatic heterocycles. The summed E-state index contributed by atoms with van der Waals surface area (Å²) >= 11 is 0. The standard InChI is InChI=1S/C14H22N6O.HI/c1-3-15-14(16-8-7-12-6-5-9-21-12)17-10-13-19-18-11-20(13)4-2;/h5-6,9,11H,3-4,7-8,10H2,1-2H3,(H2,15,16,17);1H. The van der Waals surface area contributed by atoms with Gasteiger partial charge in [0.2, 0.25) is 0 Å². The van der Waals surface area contributed by atoms with Crippen LogP contribution in [0.2, 0.25) is 0 Å². The van der Waals surface area contributed by atoms with Crippen LogP contribution in [0.1, 0.15) is 25.4 Å². The number of halogens is 1. The van der Waals surface area contributed by atoms with Gasteiger partial charge in [-0.15, -0.1) is 34.2 Å². The fourth-order valence-electron chi connectivity index (χ4n) is 1.92. The lowest BCUT2D eigenvalue weighted by Gasteiger charge is -2.10. The number of rotatable bonds is 7. The van der Waals surface area contributed by atoms with Gasteiger partial charge in [0.1, 0.15) is 18.6 Å². The van der Waals surface area contributed by atoms with Gasteiger partial charge in [-0.3, -0.25) is 0 Å². The van der Waals surface area contributed by atoms with Crippen LogP contribution in [0.25, 0.3) is 0 Å². The predicted octanol–water partition coefficient (Wildman–Crippen LogP) is 1.81. The fourth-order valence-corrected chi connectivity index (χ4v) is 1.92. The summed E-state index contributed by atoms with van der Waals surface area (Å²) in [6.07, 6.45) is 4.23. The second-order valence-electron chi connectivity index (χ2n) is 4.48. The van der Waals surface area contributed by atoms with E-state index >= 15 is 0 Å². The van der Waals surface area contributed by atoms with Gasteiger partial charge in [-0.05, 0) is 26.0 Å². The highest BCUT2D eigenvalue weighted by molar-refractivity contribution is 14.0. The number of hydrogen-bond donors (Lipinski definition) is 2. The molecule has 0 saturated heterocycles. The number of furan rings is 1. The van der Waals surface area contributed by atoms with Crippen molar-refractivity contribution in [1.29, 1.82) is 0 Å². The van der Waals surface area contributed by atoms with E-state index in [9.17, 15) is 0 Å². The van der Waals surface area contributed by atoms with E-state index in [4.69, 9.17) is 4.42 Å². The molecule has 2 aromatic rings. The van der Waals surface area contributed by atoms with E-state index < -0.39 is 0 Å². The molecule has 0 aromatic carbocycles. The van der Waals surface area contributed by atoms with Crippen molar-refractivity contribution >= 4 is 29.9 Å². The molecule has 122 valence electrons. The Morgan fingerprint density at radius 3 is 2.91 bits per heavy atom. The van der Waals surface area contributed by atoms with Crippen molar-refractivity contribution in [1.82, 2.24) is 25.4 Å². The molecular formula is C14H23IN6O. The van der Waals surface area contributed by atoms with E-state index in [1.807, 2.05) is 23.6 Å². The Balaban J connectivity index is 0.00000242. The monoisotopic (exact) mass is 418 g/mol. The molecule has 0 unspecified atom stereocenters. The Morgan fingerprint density at radius 1 is 1.36 bits per heavy atom. The van der Waals surface area contributed by atoms with Crippen LogP contribution in [-0.4, -0.2) is 33.8 Å². The van der Waals surface area contributed by atoms with Crippen LogP contribution in [0.3, 0.4) is 0 Å². The summed E-state index contributed by atoms with van der Waals surface area (Å²) in [6.45, 7) is 7.03. The quantitative estimate of drug-likeness (QED) is 0.407. The molecule has 0 saturated carbocycles. The highest BCUT2D eigenvalue weighted by atomic mass is 127. The minimum absolute atomic E-state index is 0. The number of hydrogen-bond acceptors (Lipinski definition) is 4. The van der Waals surface area contributed by atoms with Crippen molar-refractivity contribution < 1.29 is 4.42 Å². The normalized spacial score (nSPS) is 11.1. The van der Waals surface area contributed by atoms with E-state index in [0.717, 1.165) is 43.6 Å².